The van der Waals surface area contributed by atoms with Crippen molar-refractivity contribution in [3.63, 3.8) is 0 Å². The Labute approximate surface area is 105 Å². The largest absolute Gasteiger partial charge is 0.711 e. The Morgan fingerprint density at radius 1 is 1.31 bits per heavy atom. The minimum atomic E-state index is 0.506. The zero-order valence-corrected chi connectivity index (χ0v) is 10.5. The molecule has 0 unspecified atom stereocenters. The lowest BCUT2D eigenvalue weighted by Crippen LogP contribution is -2.40. The van der Waals surface area contributed by atoms with Crippen molar-refractivity contribution in [1.82, 2.24) is 4.98 Å². The quantitative estimate of drug-likeness (QED) is 0.363. The van der Waals surface area contributed by atoms with Gasteiger partial charge in [0.25, 0.3) is 0 Å². The van der Waals surface area contributed by atoms with E-state index in [0.717, 1.165) is 48.1 Å². The fraction of sp³-hybridized carbons (Fsp3) is 0.636. The van der Waals surface area contributed by atoms with Crippen LogP contribution in [-0.4, -0.2) is 10.9 Å². The van der Waals surface area contributed by atoms with Gasteiger partial charge in [-0.1, -0.05) is 0 Å². The minimum absolute atomic E-state index is 0.506. The molecule has 0 saturated heterocycles. The molecule has 2 rings (SSSR count). The molecule has 1 aliphatic rings. The van der Waals surface area contributed by atoms with Crippen LogP contribution >= 0.6 is 23.2 Å². The molecule has 0 N–H and O–H groups in total. The van der Waals surface area contributed by atoms with Crippen molar-refractivity contribution in [2.45, 2.75) is 38.5 Å². The van der Waals surface area contributed by atoms with E-state index in [-0.39, 0.29) is 0 Å². The van der Waals surface area contributed by atoms with E-state index in [1.165, 1.54) is 0 Å². The Morgan fingerprint density at radius 3 is 2.81 bits per heavy atom. The first-order valence-corrected chi connectivity index (χ1v) is 6.51. The number of aryl methyl sites for hydroxylation is 1. The maximum absolute atomic E-state index is 12.0. The lowest BCUT2D eigenvalue weighted by atomic mass is 9.97. The van der Waals surface area contributed by atoms with Gasteiger partial charge in [-0.2, -0.15) is 0 Å². The lowest BCUT2D eigenvalue weighted by Gasteiger charge is -2.19. The van der Waals surface area contributed by atoms with Gasteiger partial charge in [0.2, 0.25) is 5.15 Å². The topological polar surface area (TPSA) is 39.8 Å². The van der Waals surface area contributed by atoms with E-state index in [2.05, 4.69) is 4.98 Å². The van der Waals surface area contributed by atoms with Gasteiger partial charge in [0.15, 0.2) is 0 Å². The Kier molecular flexibility index (Phi) is 3.87. The molecule has 0 fully saturated rings. The first kappa shape index (κ1) is 11.9. The first-order valence-electron chi connectivity index (χ1n) is 5.59. The van der Waals surface area contributed by atoms with Gasteiger partial charge in [0, 0.05) is 12.3 Å². The van der Waals surface area contributed by atoms with Crippen molar-refractivity contribution < 1.29 is 4.73 Å². The van der Waals surface area contributed by atoms with Crippen LogP contribution < -0.4 is 4.73 Å². The van der Waals surface area contributed by atoms with Gasteiger partial charge in [-0.15, -0.1) is 11.6 Å². The van der Waals surface area contributed by atoms with E-state index in [4.69, 9.17) is 23.2 Å². The maximum atomic E-state index is 12.0. The highest BCUT2D eigenvalue weighted by atomic mass is 35.5. The number of halogens is 2. The summed E-state index contributed by atoms with van der Waals surface area (Å²) < 4.78 is 0.965. The molecule has 0 atom stereocenters. The van der Waals surface area contributed by atoms with Crippen molar-refractivity contribution in [2.24, 2.45) is 0 Å². The summed E-state index contributed by atoms with van der Waals surface area (Å²) >= 11 is 11.7. The molecule has 88 valence electrons. The standard InChI is InChI=1S/C11H14Cl2N2O/c12-7-3-6-10-14-11(13)8-4-1-2-5-9(8)15(10)16/h1-7H2. The monoisotopic (exact) mass is 260 g/mol. The maximum Gasteiger partial charge on any atom is 0.303 e. The zero-order valence-electron chi connectivity index (χ0n) is 9.01. The van der Waals surface area contributed by atoms with E-state index >= 15 is 0 Å². The molecule has 0 spiro atoms. The van der Waals surface area contributed by atoms with Crippen LogP contribution in [0.3, 0.4) is 0 Å². The van der Waals surface area contributed by atoms with Gasteiger partial charge in [-0.05, 0) is 42.3 Å². The van der Waals surface area contributed by atoms with E-state index in [0.29, 0.717) is 23.3 Å². The second-order valence-electron chi connectivity index (χ2n) is 4.04. The average molecular weight is 261 g/mol. The number of hydrogen-bond acceptors (Lipinski definition) is 2. The van der Waals surface area contributed by atoms with Crippen LogP contribution in [0.2, 0.25) is 5.15 Å². The highest BCUT2D eigenvalue weighted by molar-refractivity contribution is 6.30. The summed E-state index contributed by atoms with van der Waals surface area (Å²) in [6.07, 6.45) is 5.19. The smallest absolute Gasteiger partial charge is 0.303 e. The molecule has 1 aromatic heterocycles. The third kappa shape index (κ3) is 2.25. The summed E-state index contributed by atoms with van der Waals surface area (Å²) in [6, 6.07) is 0. The summed E-state index contributed by atoms with van der Waals surface area (Å²) in [6.45, 7) is 0. The van der Waals surface area contributed by atoms with Gasteiger partial charge in [-0.3, -0.25) is 0 Å². The van der Waals surface area contributed by atoms with Crippen molar-refractivity contribution >= 4 is 23.2 Å². The molecular formula is C11H14Cl2N2O. The number of fused-ring (bicyclic) bond motifs is 1. The second kappa shape index (κ2) is 5.19. The number of aromatic nitrogens is 2. The van der Waals surface area contributed by atoms with Crippen molar-refractivity contribution in [3.8, 4) is 0 Å². The van der Waals surface area contributed by atoms with Crippen LogP contribution in [0.4, 0.5) is 0 Å². The Bertz CT molecular complexity index is 396. The molecule has 3 nitrogen and oxygen atoms in total. The van der Waals surface area contributed by atoms with Crippen molar-refractivity contribution in [3.05, 3.63) is 27.4 Å². The molecule has 0 bridgehead atoms. The number of hydrogen-bond donors (Lipinski definition) is 0. The van der Waals surface area contributed by atoms with Crippen LogP contribution in [-0.2, 0) is 19.3 Å². The number of nitrogens with zero attached hydrogens (tertiary/aromatic N) is 2. The van der Waals surface area contributed by atoms with E-state index < -0.39 is 0 Å². The highest BCUT2D eigenvalue weighted by Crippen LogP contribution is 2.24. The van der Waals surface area contributed by atoms with Gasteiger partial charge in [-0.25, -0.2) is 4.73 Å². The SMILES string of the molecule is [O-][n+]1c(CCCCl)nc(Cl)c2c1CCCC2. The van der Waals surface area contributed by atoms with Gasteiger partial charge in [0.1, 0.15) is 5.69 Å². The fourth-order valence-electron chi connectivity index (χ4n) is 2.10. The summed E-state index contributed by atoms with van der Waals surface area (Å²) in [4.78, 5) is 4.18. The molecule has 0 amide bonds. The van der Waals surface area contributed by atoms with Crippen LogP contribution in [0.15, 0.2) is 0 Å². The zero-order chi connectivity index (χ0) is 11.5. The summed E-state index contributed by atoms with van der Waals surface area (Å²) in [5, 5.41) is 12.5. The molecular weight excluding hydrogens is 247 g/mol. The number of rotatable bonds is 3. The molecule has 5 heteroatoms. The molecule has 0 aromatic carbocycles. The van der Waals surface area contributed by atoms with Gasteiger partial charge in [0.05, 0.1) is 12.0 Å². The van der Waals surface area contributed by atoms with Crippen LogP contribution in [0.5, 0.6) is 0 Å². The molecule has 0 aliphatic heterocycles. The van der Waals surface area contributed by atoms with E-state index in [9.17, 15) is 5.21 Å². The van der Waals surface area contributed by atoms with Gasteiger partial charge >= 0.3 is 5.82 Å². The number of alkyl halides is 1. The molecule has 1 aliphatic carbocycles. The van der Waals surface area contributed by atoms with Gasteiger partial charge < -0.3 is 5.21 Å². The molecule has 0 radical (unpaired) electrons. The second-order valence-corrected chi connectivity index (χ2v) is 4.77. The van der Waals surface area contributed by atoms with Crippen molar-refractivity contribution in [1.29, 1.82) is 0 Å². The molecule has 16 heavy (non-hydrogen) atoms. The molecule has 0 saturated carbocycles. The van der Waals surface area contributed by atoms with Crippen molar-refractivity contribution in [2.75, 3.05) is 5.88 Å². The highest BCUT2D eigenvalue weighted by Gasteiger charge is 2.24. The lowest BCUT2D eigenvalue weighted by molar-refractivity contribution is -0.626. The third-order valence-corrected chi connectivity index (χ3v) is 3.51. The van der Waals surface area contributed by atoms with Crippen LogP contribution in [0.1, 0.15) is 36.3 Å². The Morgan fingerprint density at radius 2 is 2.06 bits per heavy atom. The average Bonchev–Trinajstić information content (AvgIpc) is 2.32. The fourth-order valence-corrected chi connectivity index (χ4v) is 2.53. The predicted octanol–water partition coefficient (Wildman–Crippen LogP) is 2.42. The first-order chi connectivity index (χ1) is 7.74. The summed E-state index contributed by atoms with van der Waals surface area (Å²) in [5.41, 5.74) is 1.76. The Hall–Kier alpha value is -0.540. The predicted molar refractivity (Wildman–Crippen MR) is 63.9 cm³/mol. The minimum Gasteiger partial charge on any atom is -0.711 e. The van der Waals surface area contributed by atoms with Crippen LogP contribution in [0, 0.1) is 5.21 Å². The summed E-state index contributed by atoms with van der Waals surface area (Å²) in [7, 11) is 0. The van der Waals surface area contributed by atoms with E-state index in [1.807, 2.05) is 0 Å². The Balaban J connectivity index is 2.37. The normalized spacial score (nSPS) is 14.9. The third-order valence-electron chi connectivity index (χ3n) is 2.93. The van der Waals surface area contributed by atoms with E-state index in [1.54, 1.807) is 0 Å². The summed E-state index contributed by atoms with van der Waals surface area (Å²) in [5.74, 6) is 1.04. The van der Waals surface area contributed by atoms with Crippen LogP contribution in [0.25, 0.3) is 0 Å². The molecule has 1 aromatic rings. The molecule has 1 heterocycles.